The van der Waals surface area contributed by atoms with E-state index in [-0.39, 0.29) is 0 Å². The average Bonchev–Trinajstić information content (AvgIpc) is 2.60. The number of carbonyl (C=O) groups excluding carboxylic acids is 1. The molecule has 1 saturated heterocycles. The van der Waals surface area contributed by atoms with Gasteiger partial charge in [-0.05, 0) is 31.1 Å². The van der Waals surface area contributed by atoms with Crippen LogP contribution < -0.4 is 0 Å². The molecule has 3 unspecified atom stereocenters. The van der Waals surface area contributed by atoms with Gasteiger partial charge in [0.05, 0.1) is 0 Å². The second kappa shape index (κ2) is 4.77. The molecular formula is C14H25NO. The number of nitrogens with zero attached hydrogens (tertiary/aromatic N) is 1. The molecule has 2 fully saturated rings. The van der Waals surface area contributed by atoms with Crippen LogP contribution in [0.1, 0.15) is 59.3 Å². The molecular weight excluding hydrogens is 198 g/mol. The fraction of sp³-hybridized carbons (Fsp3) is 0.929. The molecule has 1 saturated carbocycles. The summed E-state index contributed by atoms with van der Waals surface area (Å²) in [6, 6.07) is 1.06. The van der Waals surface area contributed by atoms with Crippen molar-refractivity contribution in [1.29, 1.82) is 0 Å². The lowest BCUT2D eigenvalue weighted by Crippen LogP contribution is -2.46. The van der Waals surface area contributed by atoms with Crippen molar-refractivity contribution in [3.05, 3.63) is 0 Å². The molecule has 1 aliphatic carbocycles. The Morgan fingerprint density at radius 3 is 2.62 bits per heavy atom. The minimum absolute atomic E-state index is 0.415. The highest BCUT2D eigenvalue weighted by atomic mass is 16.2. The molecule has 2 aliphatic rings. The highest BCUT2D eigenvalue weighted by molar-refractivity contribution is 5.79. The lowest BCUT2D eigenvalue weighted by molar-refractivity contribution is -0.132. The van der Waals surface area contributed by atoms with E-state index in [0.29, 0.717) is 23.9 Å². The topological polar surface area (TPSA) is 20.3 Å². The van der Waals surface area contributed by atoms with E-state index >= 15 is 0 Å². The second-order valence-corrected chi connectivity index (χ2v) is 6.08. The van der Waals surface area contributed by atoms with Crippen molar-refractivity contribution >= 4 is 5.91 Å². The number of likely N-dealkylation sites (tertiary alicyclic amines) is 1. The van der Waals surface area contributed by atoms with Crippen molar-refractivity contribution in [2.24, 2.45) is 11.8 Å². The predicted molar refractivity (Wildman–Crippen MR) is 66.1 cm³/mol. The molecule has 2 rings (SSSR count). The minimum atomic E-state index is 0.415. The summed E-state index contributed by atoms with van der Waals surface area (Å²) in [6.45, 7) is 6.84. The van der Waals surface area contributed by atoms with Crippen LogP contribution in [-0.2, 0) is 4.79 Å². The molecule has 0 bridgehead atoms. The summed E-state index contributed by atoms with van der Waals surface area (Å²) in [5.74, 6) is 1.83. The number of carbonyl (C=O) groups is 1. The number of amides is 1. The largest absolute Gasteiger partial charge is 0.336 e. The molecule has 16 heavy (non-hydrogen) atoms. The number of hydrogen-bond donors (Lipinski definition) is 0. The van der Waals surface area contributed by atoms with E-state index in [9.17, 15) is 4.79 Å². The van der Waals surface area contributed by atoms with Crippen LogP contribution in [0, 0.1) is 11.8 Å². The Morgan fingerprint density at radius 1 is 1.25 bits per heavy atom. The van der Waals surface area contributed by atoms with Crippen molar-refractivity contribution in [3.8, 4) is 0 Å². The Labute approximate surface area is 99.4 Å². The van der Waals surface area contributed by atoms with E-state index in [1.54, 1.807) is 0 Å². The van der Waals surface area contributed by atoms with Crippen molar-refractivity contribution in [2.45, 2.75) is 71.4 Å². The van der Waals surface area contributed by atoms with Gasteiger partial charge < -0.3 is 4.90 Å². The van der Waals surface area contributed by atoms with E-state index < -0.39 is 0 Å². The highest BCUT2D eigenvalue weighted by Gasteiger charge is 2.38. The Bertz CT molecular complexity index is 261. The van der Waals surface area contributed by atoms with Crippen LogP contribution in [0.2, 0.25) is 0 Å². The molecule has 1 heterocycles. The SMILES string of the molecule is CC1CCCC(N2C(=O)CCC2C(C)C)C1. The van der Waals surface area contributed by atoms with E-state index in [1.165, 1.54) is 25.7 Å². The lowest BCUT2D eigenvalue weighted by Gasteiger charge is -2.39. The summed E-state index contributed by atoms with van der Waals surface area (Å²) in [5, 5.41) is 0. The third-order valence-corrected chi connectivity index (χ3v) is 4.37. The van der Waals surface area contributed by atoms with Gasteiger partial charge in [0.25, 0.3) is 0 Å². The molecule has 1 amide bonds. The summed E-state index contributed by atoms with van der Waals surface area (Å²) in [5.41, 5.74) is 0. The molecule has 0 radical (unpaired) electrons. The van der Waals surface area contributed by atoms with Gasteiger partial charge in [-0.15, -0.1) is 0 Å². The molecule has 0 aromatic rings. The van der Waals surface area contributed by atoms with Gasteiger partial charge in [0.2, 0.25) is 5.91 Å². The smallest absolute Gasteiger partial charge is 0.223 e. The lowest BCUT2D eigenvalue weighted by atomic mass is 9.85. The molecule has 0 aromatic carbocycles. The molecule has 0 spiro atoms. The maximum absolute atomic E-state index is 12.0. The van der Waals surface area contributed by atoms with Crippen LogP contribution >= 0.6 is 0 Å². The number of rotatable bonds is 2. The van der Waals surface area contributed by atoms with E-state index in [0.717, 1.165) is 18.8 Å². The van der Waals surface area contributed by atoms with E-state index in [1.807, 2.05) is 0 Å². The van der Waals surface area contributed by atoms with Gasteiger partial charge in [0.1, 0.15) is 0 Å². The highest BCUT2D eigenvalue weighted by Crippen LogP contribution is 2.34. The number of hydrogen-bond acceptors (Lipinski definition) is 1. The van der Waals surface area contributed by atoms with Gasteiger partial charge in [-0.2, -0.15) is 0 Å². The monoisotopic (exact) mass is 223 g/mol. The maximum atomic E-state index is 12.0. The molecule has 92 valence electrons. The first-order valence-electron chi connectivity index (χ1n) is 6.90. The first kappa shape index (κ1) is 11.9. The molecule has 1 aliphatic heterocycles. The standard InChI is InChI=1S/C14H25NO/c1-10(2)13-7-8-14(16)15(13)12-6-4-5-11(3)9-12/h10-13H,4-9H2,1-3H3. The normalized spacial score (nSPS) is 36.1. The van der Waals surface area contributed by atoms with E-state index in [2.05, 4.69) is 25.7 Å². The van der Waals surface area contributed by atoms with Gasteiger partial charge >= 0.3 is 0 Å². The Kier molecular flexibility index (Phi) is 3.56. The zero-order valence-corrected chi connectivity index (χ0v) is 10.9. The van der Waals surface area contributed by atoms with Crippen LogP contribution in [-0.4, -0.2) is 22.9 Å². The molecule has 3 atom stereocenters. The fourth-order valence-corrected chi connectivity index (χ4v) is 3.51. The van der Waals surface area contributed by atoms with Gasteiger partial charge in [0, 0.05) is 18.5 Å². The Hall–Kier alpha value is -0.530. The fourth-order valence-electron chi connectivity index (χ4n) is 3.51. The van der Waals surface area contributed by atoms with E-state index in [4.69, 9.17) is 0 Å². The van der Waals surface area contributed by atoms with Gasteiger partial charge in [-0.1, -0.05) is 33.6 Å². The summed E-state index contributed by atoms with van der Waals surface area (Å²) in [6.07, 6.45) is 6.99. The van der Waals surface area contributed by atoms with Crippen molar-refractivity contribution in [2.75, 3.05) is 0 Å². The van der Waals surface area contributed by atoms with Crippen molar-refractivity contribution in [3.63, 3.8) is 0 Å². The van der Waals surface area contributed by atoms with Gasteiger partial charge in [0.15, 0.2) is 0 Å². The molecule has 2 heteroatoms. The van der Waals surface area contributed by atoms with Gasteiger partial charge in [-0.25, -0.2) is 0 Å². The second-order valence-electron chi connectivity index (χ2n) is 6.08. The zero-order chi connectivity index (χ0) is 11.7. The summed E-state index contributed by atoms with van der Waals surface area (Å²) < 4.78 is 0. The van der Waals surface area contributed by atoms with Crippen molar-refractivity contribution in [1.82, 2.24) is 4.90 Å². The van der Waals surface area contributed by atoms with Crippen LogP contribution in [0.3, 0.4) is 0 Å². The zero-order valence-electron chi connectivity index (χ0n) is 10.9. The van der Waals surface area contributed by atoms with Crippen molar-refractivity contribution < 1.29 is 4.79 Å². The predicted octanol–water partition coefficient (Wildman–Crippen LogP) is 3.21. The molecule has 2 nitrogen and oxygen atoms in total. The van der Waals surface area contributed by atoms with Crippen LogP contribution in [0.4, 0.5) is 0 Å². The van der Waals surface area contributed by atoms with Crippen LogP contribution in [0.25, 0.3) is 0 Å². The first-order valence-corrected chi connectivity index (χ1v) is 6.90. The quantitative estimate of drug-likeness (QED) is 0.704. The third-order valence-electron chi connectivity index (χ3n) is 4.37. The van der Waals surface area contributed by atoms with Gasteiger partial charge in [-0.3, -0.25) is 4.79 Å². The van der Waals surface area contributed by atoms with Crippen LogP contribution in [0.5, 0.6) is 0 Å². The summed E-state index contributed by atoms with van der Waals surface area (Å²) in [7, 11) is 0. The Morgan fingerprint density at radius 2 is 2.00 bits per heavy atom. The molecule has 0 N–H and O–H groups in total. The summed E-state index contributed by atoms with van der Waals surface area (Å²) in [4.78, 5) is 14.3. The molecule has 0 aromatic heterocycles. The average molecular weight is 223 g/mol. The maximum Gasteiger partial charge on any atom is 0.223 e. The Balaban J connectivity index is 2.07. The van der Waals surface area contributed by atoms with Crippen LogP contribution in [0.15, 0.2) is 0 Å². The minimum Gasteiger partial charge on any atom is -0.336 e. The first-order chi connectivity index (χ1) is 7.59. The third kappa shape index (κ3) is 2.26. The summed E-state index contributed by atoms with van der Waals surface area (Å²) >= 11 is 0.